The lowest BCUT2D eigenvalue weighted by atomic mass is 10.1. The number of anilines is 1. The minimum atomic E-state index is -4.69. The van der Waals surface area contributed by atoms with Crippen molar-refractivity contribution in [2.24, 2.45) is 0 Å². The minimum absolute atomic E-state index is 0.0781. The molecule has 0 saturated heterocycles. The number of nitriles is 1. The molecule has 25 heavy (non-hydrogen) atoms. The zero-order chi connectivity index (χ0) is 18.4. The van der Waals surface area contributed by atoms with Crippen LogP contribution in [0, 0.1) is 17.1 Å². The van der Waals surface area contributed by atoms with Crippen molar-refractivity contribution in [2.45, 2.75) is 12.6 Å². The highest BCUT2D eigenvalue weighted by Gasteiger charge is 2.33. The third kappa shape index (κ3) is 5.21. The molecule has 0 aliphatic carbocycles. The van der Waals surface area contributed by atoms with Crippen LogP contribution >= 0.6 is 0 Å². The van der Waals surface area contributed by atoms with Gasteiger partial charge in [-0.3, -0.25) is 0 Å². The van der Waals surface area contributed by atoms with Crippen molar-refractivity contribution in [2.75, 3.05) is 11.9 Å². The highest BCUT2D eigenvalue weighted by atomic mass is 19.4. The first-order valence-electron chi connectivity index (χ1n) is 7.20. The van der Waals surface area contributed by atoms with Gasteiger partial charge in [-0.15, -0.1) is 0 Å². The predicted molar refractivity (Wildman–Crippen MR) is 83.3 cm³/mol. The molecule has 0 saturated carbocycles. The number of carbonyl (C=O) groups excluding carboxylic acids is 1. The molecule has 0 aromatic heterocycles. The van der Waals surface area contributed by atoms with Gasteiger partial charge in [0.1, 0.15) is 5.82 Å². The molecule has 4 nitrogen and oxygen atoms in total. The molecule has 2 amide bonds. The second-order valence-electron chi connectivity index (χ2n) is 5.13. The Balaban J connectivity index is 1.94. The van der Waals surface area contributed by atoms with Crippen LogP contribution in [0.15, 0.2) is 42.5 Å². The summed E-state index contributed by atoms with van der Waals surface area (Å²) in [5.41, 5.74) is -0.904. The van der Waals surface area contributed by atoms with Gasteiger partial charge in [0, 0.05) is 12.2 Å². The van der Waals surface area contributed by atoms with Crippen LogP contribution in [0.4, 0.5) is 28.0 Å². The summed E-state index contributed by atoms with van der Waals surface area (Å²) in [6.45, 7) is 0.222. The van der Waals surface area contributed by atoms with E-state index in [1.165, 1.54) is 24.3 Å². The molecule has 8 heteroatoms. The largest absolute Gasteiger partial charge is 0.417 e. The molecule has 0 aliphatic heterocycles. The molecule has 2 N–H and O–H groups in total. The zero-order valence-electron chi connectivity index (χ0n) is 12.8. The Labute approximate surface area is 141 Å². The van der Waals surface area contributed by atoms with Crippen molar-refractivity contribution in [1.29, 1.82) is 5.26 Å². The van der Waals surface area contributed by atoms with E-state index < -0.39 is 23.3 Å². The maximum absolute atomic E-state index is 12.9. The van der Waals surface area contributed by atoms with Crippen LogP contribution in [0.1, 0.15) is 16.7 Å². The van der Waals surface area contributed by atoms with Crippen LogP contribution in [0.2, 0.25) is 0 Å². The maximum atomic E-state index is 12.9. The molecule has 0 spiro atoms. The number of alkyl halides is 3. The summed E-state index contributed by atoms with van der Waals surface area (Å²) in [6.07, 6.45) is -4.25. The van der Waals surface area contributed by atoms with Crippen LogP contribution in [-0.2, 0) is 12.6 Å². The number of halogens is 4. The fraction of sp³-hybridized carbons (Fsp3) is 0.176. The van der Waals surface area contributed by atoms with Gasteiger partial charge in [-0.1, -0.05) is 12.1 Å². The van der Waals surface area contributed by atoms with Gasteiger partial charge in [-0.05, 0) is 42.3 Å². The second kappa shape index (κ2) is 7.66. The average Bonchev–Trinajstić information content (AvgIpc) is 2.56. The standard InChI is InChI=1S/C17H13F4N3O/c18-13-4-1-11(2-5-13)7-8-23-16(25)24-14-6-3-12(10-22)15(9-14)17(19,20)21/h1-6,9H,7-8H2,(H2,23,24,25). The van der Waals surface area contributed by atoms with Crippen molar-refractivity contribution in [3.63, 3.8) is 0 Å². The first-order valence-corrected chi connectivity index (χ1v) is 7.20. The Morgan fingerprint density at radius 2 is 1.80 bits per heavy atom. The van der Waals surface area contributed by atoms with Gasteiger partial charge in [0.2, 0.25) is 0 Å². The Bertz CT molecular complexity index is 795. The predicted octanol–water partition coefficient (Wildman–Crippen LogP) is 4.08. The van der Waals surface area contributed by atoms with Crippen LogP contribution < -0.4 is 10.6 Å². The molecule has 0 atom stereocenters. The molecular weight excluding hydrogens is 338 g/mol. The smallest absolute Gasteiger partial charge is 0.338 e. The summed E-state index contributed by atoms with van der Waals surface area (Å²) in [4.78, 5) is 11.7. The highest BCUT2D eigenvalue weighted by Crippen LogP contribution is 2.33. The number of carbonyl (C=O) groups is 1. The van der Waals surface area contributed by atoms with Crippen molar-refractivity contribution >= 4 is 11.7 Å². The molecule has 2 aromatic rings. The summed E-state index contributed by atoms with van der Waals surface area (Å²) in [5.74, 6) is -0.365. The van der Waals surface area contributed by atoms with Gasteiger partial charge in [0.05, 0.1) is 17.2 Å². The van der Waals surface area contributed by atoms with E-state index >= 15 is 0 Å². The molecule has 0 aliphatic rings. The first-order chi connectivity index (χ1) is 11.8. The van der Waals surface area contributed by atoms with Gasteiger partial charge in [-0.25, -0.2) is 9.18 Å². The Morgan fingerprint density at radius 3 is 2.40 bits per heavy atom. The molecule has 0 fully saturated rings. The van der Waals surface area contributed by atoms with E-state index in [1.54, 1.807) is 12.1 Å². The quantitative estimate of drug-likeness (QED) is 0.815. The second-order valence-corrected chi connectivity index (χ2v) is 5.13. The average molecular weight is 351 g/mol. The monoisotopic (exact) mass is 351 g/mol. The molecule has 2 rings (SSSR count). The third-order valence-corrected chi connectivity index (χ3v) is 3.32. The number of nitrogens with zero attached hydrogens (tertiary/aromatic N) is 1. The minimum Gasteiger partial charge on any atom is -0.338 e. The Hall–Kier alpha value is -3.08. The fourth-order valence-electron chi connectivity index (χ4n) is 2.10. The summed E-state index contributed by atoms with van der Waals surface area (Å²) in [6, 6.07) is 9.44. The Morgan fingerprint density at radius 1 is 1.12 bits per heavy atom. The molecule has 0 unspecified atom stereocenters. The van der Waals surface area contributed by atoms with Crippen LogP contribution in [0.25, 0.3) is 0 Å². The van der Waals surface area contributed by atoms with Gasteiger partial charge in [0.25, 0.3) is 0 Å². The van der Waals surface area contributed by atoms with E-state index in [1.807, 2.05) is 0 Å². The lowest BCUT2D eigenvalue weighted by Gasteiger charge is -2.12. The number of urea groups is 1. The van der Waals surface area contributed by atoms with E-state index in [4.69, 9.17) is 5.26 Å². The maximum Gasteiger partial charge on any atom is 0.417 e. The lowest BCUT2D eigenvalue weighted by molar-refractivity contribution is -0.137. The summed E-state index contributed by atoms with van der Waals surface area (Å²) in [7, 11) is 0. The van der Waals surface area contributed by atoms with Crippen LogP contribution in [0.5, 0.6) is 0 Å². The Kier molecular flexibility index (Phi) is 5.60. The fourth-order valence-corrected chi connectivity index (χ4v) is 2.10. The van der Waals surface area contributed by atoms with Gasteiger partial charge in [0.15, 0.2) is 0 Å². The van der Waals surface area contributed by atoms with Crippen molar-refractivity contribution in [1.82, 2.24) is 5.32 Å². The molecule has 0 radical (unpaired) electrons. The number of hydrogen-bond donors (Lipinski definition) is 2. The van der Waals surface area contributed by atoms with Crippen molar-refractivity contribution in [3.8, 4) is 6.07 Å². The normalized spacial score (nSPS) is 10.8. The lowest BCUT2D eigenvalue weighted by Crippen LogP contribution is -2.30. The third-order valence-electron chi connectivity index (χ3n) is 3.32. The van der Waals surface area contributed by atoms with E-state index in [0.29, 0.717) is 12.5 Å². The van der Waals surface area contributed by atoms with E-state index in [-0.39, 0.29) is 18.0 Å². The van der Waals surface area contributed by atoms with E-state index in [0.717, 1.165) is 11.6 Å². The highest BCUT2D eigenvalue weighted by molar-refractivity contribution is 5.89. The van der Waals surface area contributed by atoms with Crippen LogP contribution in [0.3, 0.4) is 0 Å². The number of hydrogen-bond acceptors (Lipinski definition) is 2. The van der Waals surface area contributed by atoms with Gasteiger partial charge in [-0.2, -0.15) is 18.4 Å². The summed E-state index contributed by atoms with van der Waals surface area (Å²) >= 11 is 0. The molecule has 130 valence electrons. The van der Waals surface area contributed by atoms with E-state index in [2.05, 4.69) is 10.6 Å². The number of nitrogens with one attached hydrogen (secondary N) is 2. The topological polar surface area (TPSA) is 64.9 Å². The van der Waals surface area contributed by atoms with Gasteiger partial charge < -0.3 is 10.6 Å². The van der Waals surface area contributed by atoms with Gasteiger partial charge >= 0.3 is 12.2 Å². The SMILES string of the molecule is N#Cc1ccc(NC(=O)NCCc2ccc(F)cc2)cc1C(F)(F)F. The zero-order valence-corrected chi connectivity index (χ0v) is 12.8. The molecular formula is C17H13F4N3O. The first kappa shape index (κ1) is 18.3. The molecule has 2 aromatic carbocycles. The summed E-state index contributed by atoms with van der Waals surface area (Å²) < 4.78 is 51.4. The number of amides is 2. The number of benzene rings is 2. The number of rotatable bonds is 4. The van der Waals surface area contributed by atoms with Crippen LogP contribution in [-0.4, -0.2) is 12.6 Å². The van der Waals surface area contributed by atoms with Crippen molar-refractivity contribution < 1.29 is 22.4 Å². The summed E-state index contributed by atoms with van der Waals surface area (Å²) in [5, 5.41) is 13.5. The molecule has 0 heterocycles. The molecule has 0 bridgehead atoms. The van der Waals surface area contributed by atoms with Crippen molar-refractivity contribution in [3.05, 3.63) is 65.0 Å². The van der Waals surface area contributed by atoms with E-state index in [9.17, 15) is 22.4 Å².